The minimum Gasteiger partial charge on any atom is -0.452 e. The van der Waals surface area contributed by atoms with Gasteiger partial charge >= 0.3 is 5.97 Å². The summed E-state index contributed by atoms with van der Waals surface area (Å²) in [5.74, 6) is -0.452. The number of ether oxygens (including phenoxy) is 1. The summed E-state index contributed by atoms with van der Waals surface area (Å²) in [6.45, 7) is 4.94. The highest BCUT2D eigenvalue weighted by atomic mass is 35.5. The monoisotopic (exact) mass is 354 g/mol. The van der Waals surface area contributed by atoms with E-state index in [0.29, 0.717) is 24.9 Å². The smallest absolute Gasteiger partial charge is 0.345 e. The largest absolute Gasteiger partial charge is 0.452 e. The van der Waals surface area contributed by atoms with Crippen molar-refractivity contribution in [3.8, 4) is 0 Å². The average Bonchev–Trinajstić information content (AvgIpc) is 2.50. The number of piperidine rings is 1. The van der Waals surface area contributed by atoms with Crippen molar-refractivity contribution < 1.29 is 19.2 Å². The number of nitro benzene ring substituents is 1. The minimum absolute atomic E-state index is 0.178. The zero-order chi connectivity index (χ0) is 17.9. The zero-order valence-corrected chi connectivity index (χ0v) is 14.3. The molecular weight excluding hydrogens is 336 g/mol. The first-order valence-electron chi connectivity index (χ1n) is 7.66. The molecule has 2 rings (SSSR count). The van der Waals surface area contributed by atoms with Crippen LogP contribution in [0.2, 0.25) is 5.02 Å². The van der Waals surface area contributed by atoms with Crippen molar-refractivity contribution in [2.45, 2.75) is 20.3 Å². The van der Waals surface area contributed by atoms with E-state index in [2.05, 4.69) is 13.8 Å². The van der Waals surface area contributed by atoms with Crippen LogP contribution in [0.25, 0.3) is 0 Å². The summed E-state index contributed by atoms with van der Waals surface area (Å²) < 4.78 is 4.97. The highest BCUT2D eigenvalue weighted by Gasteiger charge is 2.27. The van der Waals surface area contributed by atoms with Gasteiger partial charge in [0.15, 0.2) is 6.61 Å². The number of likely N-dealkylation sites (tertiary alicyclic amines) is 1. The van der Waals surface area contributed by atoms with E-state index in [1.54, 1.807) is 4.90 Å². The molecule has 0 aromatic heterocycles. The number of esters is 1. The topological polar surface area (TPSA) is 89.8 Å². The molecular formula is C16H19ClN2O5. The standard InChI is InChI=1S/C16H19ClN2O5/c1-10-5-11(2)8-18(7-10)15(20)9-24-16(21)13-6-12(17)3-4-14(13)19(22)23/h3-4,6,10-11H,5,7-9H2,1-2H3/t10-,11-/m1/s1. The second-order valence-corrected chi connectivity index (χ2v) is 6.68. The number of rotatable bonds is 4. The van der Waals surface area contributed by atoms with Crippen molar-refractivity contribution in [1.29, 1.82) is 0 Å². The highest BCUT2D eigenvalue weighted by Crippen LogP contribution is 2.24. The normalized spacial score (nSPS) is 20.5. The molecule has 24 heavy (non-hydrogen) atoms. The molecule has 1 saturated heterocycles. The quantitative estimate of drug-likeness (QED) is 0.471. The van der Waals surface area contributed by atoms with E-state index in [1.807, 2.05) is 0 Å². The molecule has 0 aliphatic carbocycles. The van der Waals surface area contributed by atoms with Crippen LogP contribution in [-0.2, 0) is 9.53 Å². The number of halogens is 1. The molecule has 0 saturated carbocycles. The van der Waals surface area contributed by atoms with Crippen molar-refractivity contribution in [3.05, 3.63) is 38.9 Å². The number of hydrogen-bond acceptors (Lipinski definition) is 5. The van der Waals surface area contributed by atoms with Crippen LogP contribution in [0.15, 0.2) is 18.2 Å². The number of carbonyl (C=O) groups is 2. The van der Waals surface area contributed by atoms with Crippen LogP contribution in [0.1, 0.15) is 30.6 Å². The molecule has 1 amide bonds. The third-order valence-corrected chi connectivity index (χ3v) is 4.16. The van der Waals surface area contributed by atoms with Gasteiger partial charge in [0.05, 0.1) is 4.92 Å². The molecule has 0 bridgehead atoms. The SMILES string of the molecule is C[C@@H]1C[C@@H](C)CN(C(=O)COC(=O)c2cc(Cl)ccc2[N+](=O)[O-])C1. The second-order valence-electron chi connectivity index (χ2n) is 6.24. The predicted molar refractivity (Wildman–Crippen MR) is 87.9 cm³/mol. The Balaban J connectivity index is 2.02. The minimum atomic E-state index is -0.935. The number of nitrogens with zero attached hydrogens (tertiary/aromatic N) is 2. The Morgan fingerprint density at radius 1 is 1.33 bits per heavy atom. The maximum absolute atomic E-state index is 12.2. The van der Waals surface area contributed by atoms with E-state index >= 15 is 0 Å². The van der Waals surface area contributed by atoms with E-state index in [0.717, 1.165) is 18.6 Å². The molecule has 0 spiro atoms. The fourth-order valence-electron chi connectivity index (χ4n) is 2.99. The number of hydrogen-bond donors (Lipinski definition) is 0. The van der Waals surface area contributed by atoms with Crippen molar-refractivity contribution in [3.63, 3.8) is 0 Å². The Morgan fingerprint density at radius 3 is 2.54 bits per heavy atom. The zero-order valence-electron chi connectivity index (χ0n) is 13.5. The maximum atomic E-state index is 12.2. The van der Waals surface area contributed by atoms with E-state index in [9.17, 15) is 19.7 Å². The first-order valence-corrected chi connectivity index (χ1v) is 8.04. The lowest BCUT2D eigenvalue weighted by molar-refractivity contribution is -0.385. The summed E-state index contributed by atoms with van der Waals surface area (Å²) in [6.07, 6.45) is 1.05. The van der Waals surface area contributed by atoms with Gasteiger partial charge in [-0.3, -0.25) is 14.9 Å². The third kappa shape index (κ3) is 4.44. The molecule has 8 heteroatoms. The first kappa shape index (κ1) is 18.2. The van der Waals surface area contributed by atoms with Crippen molar-refractivity contribution >= 4 is 29.2 Å². The van der Waals surface area contributed by atoms with Crippen molar-refractivity contribution in [1.82, 2.24) is 4.90 Å². The first-order chi connectivity index (χ1) is 11.3. The Hall–Kier alpha value is -2.15. The van der Waals surface area contributed by atoms with Gasteiger partial charge in [-0.2, -0.15) is 0 Å². The third-order valence-electron chi connectivity index (χ3n) is 3.92. The Morgan fingerprint density at radius 2 is 1.96 bits per heavy atom. The van der Waals surface area contributed by atoms with E-state index in [-0.39, 0.29) is 16.5 Å². The molecule has 1 aliphatic rings. The van der Waals surface area contributed by atoms with Gasteiger partial charge in [-0.05, 0) is 30.4 Å². The molecule has 1 aromatic carbocycles. The summed E-state index contributed by atoms with van der Waals surface area (Å²) in [6, 6.07) is 3.62. The fourth-order valence-corrected chi connectivity index (χ4v) is 3.17. The molecule has 0 radical (unpaired) electrons. The number of amides is 1. The van der Waals surface area contributed by atoms with Gasteiger partial charge in [0, 0.05) is 24.2 Å². The van der Waals surface area contributed by atoms with Gasteiger partial charge in [-0.15, -0.1) is 0 Å². The number of nitro groups is 1. The summed E-state index contributed by atoms with van der Waals surface area (Å²) in [5.41, 5.74) is -0.669. The Bertz CT molecular complexity index is 654. The van der Waals surface area contributed by atoms with Crippen LogP contribution in [0.5, 0.6) is 0 Å². The lowest BCUT2D eigenvalue weighted by Gasteiger charge is -2.34. The molecule has 2 atom stereocenters. The lowest BCUT2D eigenvalue weighted by atomic mass is 9.92. The van der Waals surface area contributed by atoms with E-state index in [1.165, 1.54) is 6.07 Å². The van der Waals surface area contributed by atoms with Gasteiger partial charge in [0.2, 0.25) is 0 Å². The van der Waals surface area contributed by atoms with Crippen molar-refractivity contribution in [2.75, 3.05) is 19.7 Å². The highest BCUT2D eigenvalue weighted by molar-refractivity contribution is 6.31. The fraction of sp³-hybridized carbons (Fsp3) is 0.500. The molecule has 1 fully saturated rings. The Kier molecular flexibility index (Phi) is 5.77. The van der Waals surface area contributed by atoms with Crippen LogP contribution in [-0.4, -0.2) is 41.4 Å². The Labute approximate surface area is 144 Å². The molecule has 130 valence electrons. The summed E-state index contributed by atoms with van der Waals surface area (Å²) in [4.78, 5) is 36.2. The van der Waals surface area contributed by atoms with Crippen LogP contribution in [0.3, 0.4) is 0 Å². The summed E-state index contributed by atoms with van der Waals surface area (Å²) in [7, 11) is 0. The molecule has 0 N–H and O–H groups in total. The lowest BCUT2D eigenvalue weighted by Crippen LogP contribution is -2.44. The average molecular weight is 355 g/mol. The summed E-state index contributed by atoms with van der Waals surface area (Å²) >= 11 is 5.78. The maximum Gasteiger partial charge on any atom is 0.345 e. The van der Waals surface area contributed by atoms with Crippen molar-refractivity contribution in [2.24, 2.45) is 11.8 Å². The molecule has 7 nitrogen and oxygen atoms in total. The van der Waals surface area contributed by atoms with Gasteiger partial charge < -0.3 is 9.64 Å². The van der Waals surface area contributed by atoms with E-state index in [4.69, 9.17) is 16.3 Å². The van der Waals surface area contributed by atoms with Crippen LogP contribution < -0.4 is 0 Å². The van der Waals surface area contributed by atoms with Crippen LogP contribution >= 0.6 is 11.6 Å². The van der Waals surface area contributed by atoms with Crippen LogP contribution in [0, 0.1) is 22.0 Å². The summed E-state index contributed by atoms with van der Waals surface area (Å²) in [5, 5.41) is 11.2. The van der Waals surface area contributed by atoms with Gasteiger partial charge in [-0.25, -0.2) is 4.79 Å². The van der Waals surface area contributed by atoms with Gasteiger partial charge in [0.25, 0.3) is 11.6 Å². The van der Waals surface area contributed by atoms with Crippen LogP contribution in [0.4, 0.5) is 5.69 Å². The second kappa shape index (κ2) is 7.61. The molecule has 1 aromatic rings. The van der Waals surface area contributed by atoms with Gasteiger partial charge in [0.1, 0.15) is 5.56 Å². The molecule has 0 unspecified atom stereocenters. The molecule has 1 heterocycles. The number of carbonyl (C=O) groups excluding carboxylic acids is 2. The molecule has 1 aliphatic heterocycles. The number of benzene rings is 1. The van der Waals surface area contributed by atoms with Gasteiger partial charge in [-0.1, -0.05) is 25.4 Å². The van der Waals surface area contributed by atoms with E-state index < -0.39 is 23.2 Å². The predicted octanol–water partition coefficient (Wildman–Crippen LogP) is 2.91.